The SMILES string of the molecule is C=CCSc1ccccc1NS(=O)(=O)c1c(N)ncn1C. The molecule has 0 saturated heterocycles. The monoisotopic (exact) mass is 324 g/mol. The minimum atomic E-state index is -3.79. The van der Waals surface area contributed by atoms with Crippen LogP contribution >= 0.6 is 11.8 Å². The molecule has 0 aliphatic carbocycles. The van der Waals surface area contributed by atoms with E-state index in [9.17, 15) is 8.42 Å². The lowest BCUT2D eigenvalue weighted by molar-refractivity contribution is 0.592. The summed E-state index contributed by atoms with van der Waals surface area (Å²) in [6, 6.07) is 7.16. The Morgan fingerprint density at radius 2 is 2.19 bits per heavy atom. The average molecular weight is 324 g/mol. The number of thioether (sulfide) groups is 1. The van der Waals surface area contributed by atoms with Crippen LogP contribution in [0.4, 0.5) is 11.5 Å². The van der Waals surface area contributed by atoms with Gasteiger partial charge in [0, 0.05) is 17.7 Å². The van der Waals surface area contributed by atoms with E-state index in [2.05, 4.69) is 16.3 Å². The average Bonchev–Trinajstić information content (AvgIpc) is 2.77. The molecule has 21 heavy (non-hydrogen) atoms. The summed E-state index contributed by atoms with van der Waals surface area (Å²) in [7, 11) is -2.21. The van der Waals surface area contributed by atoms with Crippen molar-refractivity contribution in [1.82, 2.24) is 9.55 Å². The third-order valence-electron chi connectivity index (χ3n) is 2.65. The van der Waals surface area contributed by atoms with Crippen molar-refractivity contribution in [3.05, 3.63) is 43.2 Å². The second kappa shape index (κ2) is 6.23. The van der Waals surface area contributed by atoms with E-state index in [0.717, 1.165) is 4.90 Å². The minimum Gasteiger partial charge on any atom is -0.381 e. The summed E-state index contributed by atoms with van der Waals surface area (Å²) in [6.07, 6.45) is 3.12. The normalized spacial score (nSPS) is 11.3. The smallest absolute Gasteiger partial charge is 0.281 e. The summed E-state index contributed by atoms with van der Waals surface area (Å²) >= 11 is 1.49. The second-order valence-corrected chi connectivity index (χ2v) is 6.91. The highest BCUT2D eigenvalue weighted by Crippen LogP contribution is 2.29. The van der Waals surface area contributed by atoms with Crippen molar-refractivity contribution in [3.8, 4) is 0 Å². The first kappa shape index (κ1) is 15.5. The lowest BCUT2D eigenvalue weighted by Gasteiger charge is -2.12. The zero-order valence-electron chi connectivity index (χ0n) is 11.5. The van der Waals surface area contributed by atoms with E-state index in [0.29, 0.717) is 11.4 Å². The maximum absolute atomic E-state index is 12.4. The lowest BCUT2D eigenvalue weighted by Crippen LogP contribution is -2.18. The van der Waals surface area contributed by atoms with Crippen LogP contribution in [0.15, 0.2) is 53.2 Å². The number of imidazole rings is 1. The Hall–Kier alpha value is -1.93. The van der Waals surface area contributed by atoms with Crippen LogP contribution in [-0.4, -0.2) is 23.7 Å². The lowest BCUT2D eigenvalue weighted by atomic mass is 10.3. The van der Waals surface area contributed by atoms with E-state index in [1.807, 2.05) is 12.1 Å². The first-order valence-electron chi connectivity index (χ1n) is 6.08. The number of aryl methyl sites for hydroxylation is 1. The number of rotatable bonds is 6. The molecule has 1 heterocycles. The highest BCUT2D eigenvalue weighted by atomic mass is 32.2. The molecule has 0 amide bonds. The van der Waals surface area contributed by atoms with Crippen molar-refractivity contribution >= 4 is 33.3 Å². The van der Waals surface area contributed by atoms with Crippen LogP contribution < -0.4 is 10.5 Å². The fourth-order valence-electron chi connectivity index (χ4n) is 1.78. The molecule has 2 rings (SSSR count). The zero-order chi connectivity index (χ0) is 15.5. The number of hydrogen-bond acceptors (Lipinski definition) is 5. The molecule has 3 N–H and O–H groups in total. The predicted octanol–water partition coefficient (Wildman–Crippen LogP) is 2.08. The molecule has 1 aromatic carbocycles. The quantitative estimate of drug-likeness (QED) is 0.627. The number of aromatic nitrogens is 2. The molecule has 0 spiro atoms. The third-order valence-corrected chi connectivity index (χ3v) is 5.22. The molecule has 1 aromatic heterocycles. The number of benzene rings is 1. The number of anilines is 2. The van der Waals surface area contributed by atoms with E-state index in [-0.39, 0.29) is 10.8 Å². The van der Waals surface area contributed by atoms with Gasteiger partial charge in [-0.05, 0) is 12.1 Å². The summed E-state index contributed by atoms with van der Waals surface area (Å²) in [5.74, 6) is 0.660. The van der Waals surface area contributed by atoms with Crippen LogP contribution in [0.25, 0.3) is 0 Å². The van der Waals surface area contributed by atoms with E-state index in [1.54, 1.807) is 25.3 Å². The number of nitrogen functional groups attached to an aromatic ring is 1. The molecule has 0 atom stereocenters. The fourth-order valence-corrected chi connectivity index (χ4v) is 3.91. The van der Waals surface area contributed by atoms with Gasteiger partial charge in [-0.2, -0.15) is 8.42 Å². The molecule has 0 aliphatic heterocycles. The van der Waals surface area contributed by atoms with Gasteiger partial charge in [-0.3, -0.25) is 4.72 Å². The van der Waals surface area contributed by atoms with Gasteiger partial charge in [-0.1, -0.05) is 18.2 Å². The Kier molecular flexibility index (Phi) is 4.59. The van der Waals surface area contributed by atoms with Crippen molar-refractivity contribution < 1.29 is 8.42 Å². The number of nitrogens with zero attached hydrogens (tertiary/aromatic N) is 2. The number of nitrogens with one attached hydrogen (secondary N) is 1. The molecule has 8 heteroatoms. The van der Waals surface area contributed by atoms with Gasteiger partial charge in [0.2, 0.25) is 0 Å². The Bertz CT molecular complexity index is 734. The summed E-state index contributed by atoms with van der Waals surface area (Å²) in [5, 5.41) is -0.0500. The first-order valence-corrected chi connectivity index (χ1v) is 8.55. The Morgan fingerprint density at radius 3 is 2.81 bits per heavy atom. The molecule has 0 radical (unpaired) electrons. The summed E-state index contributed by atoms with van der Waals surface area (Å²) < 4.78 is 28.8. The van der Waals surface area contributed by atoms with Crippen molar-refractivity contribution in [2.45, 2.75) is 9.92 Å². The predicted molar refractivity (Wildman–Crippen MR) is 85.8 cm³/mol. The number of nitrogens with two attached hydrogens (primary N) is 1. The minimum absolute atomic E-state index is 0.0266. The van der Waals surface area contributed by atoms with Crippen LogP contribution in [0, 0.1) is 0 Å². The van der Waals surface area contributed by atoms with E-state index < -0.39 is 10.0 Å². The van der Waals surface area contributed by atoms with Crippen molar-refractivity contribution in [1.29, 1.82) is 0 Å². The maximum atomic E-state index is 12.4. The molecule has 6 nitrogen and oxygen atoms in total. The Labute approximate surface area is 128 Å². The highest BCUT2D eigenvalue weighted by molar-refractivity contribution is 7.99. The van der Waals surface area contributed by atoms with Crippen LogP contribution in [0.2, 0.25) is 0 Å². The molecule has 2 aromatic rings. The number of sulfonamides is 1. The fraction of sp³-hybridized carbons (Fsp3) is 0.154. The van der Waals surface area contributed by atoms with Crippen molar-refractivity contribution in [2.24, 2.45) is 7.05 Å². The highest BCUT2D eigenvalue weighted by Gasteiger charge is 2.23. The van der Waals surface area contributed by atoms with Gasteiger partial charge in [-0.25, -0.2) is 4.98 Å². The molecule has 0 unspecified atom stereocenters. The van der Waals surface area contributed by atoms with E-state index in [4.69, 9.17) is 5.73 Å². The van der Waals surface area contributed by atoms with E-state index in [1.165, 1.54) is 22.7 Å². The molecular formula is C13H16N4O2S2. The van der Waals surface area contributed by atoms with E-state index >= 15 is 0 Å². The largest absolute Gasteiger partial charge is 0.381 e. The second-order valence-electron chi connectivity index (χ2n) is 4.25. The molecular weight excluding hydrogens is 308 g/mol. The Balaban J connectivity index is 2.35. The standard InChI is InChI=1S/C13H16N4O2S2/c1-3-8-20-11-7-5-4-6-10(11)16-21(18,19)13-12(14)15-9-17(13)2/h3-7,9,16H,1,8,14H2,2H3. The van der Waals surface area contributed by atoms with Gasteiger partial charge in [0.15, 0.2) is 10.8 Å². The first-order chi connectivity index (χ1) is 9.95. The van der Waals surface area contributed by atoms with Gasteiger partial charge in [0.25, 0.3) is 10.0 Å². The van der Waals surface area contributed by atoms with Gasteiger partial charge in [0.05, 0.1) is 12.0 Å². The topological polar surface area (TPSA) is 90.0 Å². The molecule has 0 saturated carbocycles. The van der Waals surface area contributed by atoms with Gasteiger partial charge in [0.1, 0.15) is 0 Å². The third kappa shape index (κ3) is 3.40. The molecule has 112 valence electrons. The van der Waals surface area contributed by atoms with Crippen LogP contribution in [0.3, 0.4) is 0 Å². The molecule has 0 aliphatic rings. The number of hydrogen-bond donors (Lipinski definition) is 2. The van der Waals surface area contributed by atoms with Crippen LogP contribution in [-0.2, 0) is 17.1 Å². The Morgan fingerprint density at radius 1 is 1.48 bits per heavy atom. The summed E-state index contributed by atoms with van der Waals surface area (Å²) in [5.41, 5.74) is 6.13. The van der Waals surface area contributed by atoms with Gasteiger partial charge >= 0.3 is 0 Å². The number of para-hydroxylation sites is 1. The maximum Gasteiger partial charge on any atom is 0.281 e. The zero-order valence-corrected chi connectivity index (χ0v) is 13.1. The van der Waals surface area contributed by atoms with Crippen molar-refractivity contribution in [2.75, 3.05) is 16.2 Å². The van der Waals surface area contributed by atoms with Crippen molar-refractivity contribution in [3.63, 3.8) is 0 Å². The summed E-state index contributed by atoms with van der Waals surface area (Å²) in [6.45, 7) is 3.66. The summed E-state index contributed by atoms with van der Waals surface area (Å²) in [4.78, 5) is 4.62. The molecule has 0 bridgehead atoms. The van der Waals surface area contributed by atoms with Crippen LogP contribution in [0.1, 0.15) is 0 Å². The van der Waals surface area contributed by atoms with Gasteiger partial charge in [-0.15, -0.1) is 18.3 Å². The van der Waals surface area contributed by atoms with Crippen LogP contribution in [0.5, 0.6) is 0 Å². The molecule has 0 fully saturated rings. The van der Waals surface area contributed by atoms with Gasteiger partial charge < -0.3 is 10.3 Å².